The summed E-state index contributed by atoms with van der Waals surface area (Å²) < 4.78 is 27.9. The molecule has 0 saturated heterocycles. The van der Waals surface area contributed by atoms with Crippen LogP contribution in [-0.2, 0) is 10.0 Å². The van der Waals surface area contributed by atoms with Crippen molar-refractivity contribution in [3.8, 4) is 11.3 Å². The van der Waals surface area contributed by atoms with E-state index in [1.165, 1.54) is 28.6 Å². The van der Waals surface area contributed by atoms with E-state index in [0.717, 1.165) is 5.56 Å². The molecule has 27 heavy (non-hydrogen) atoms. The molecule has 1 aromatic heterocycles. The van der Waals surface area contributed by atoms with Crippen LogP contribution in [0.25, 0.3) is 11.3 Å². The summed E-state index contributed by atoms with van der Waals surface area (Å²) in [6.07, 6.45) is 0. The number of H-pyrrole nitrogens is 1. The molecule has 1 N–H and O–H groups in total. The summed E-state index contributed by atoms with van der Waals surface area (Å²) in [4.78, 5) is 11.2. The van der Waals surface area contributed by atoms with Gasteiger partial charge in [-0.25, -0.2) is 13.5 Å². The number of aryl methyl sites for hydroxylation is 1. The molecule has 3 aromatic rings. The Bertz CT molecular complexity index is 1120. The minimum Gasteiger partial charge on any atom is -0.268 e. The van der Waals surface area contributed by atoms with E-state index in [1.54, 1.807) is 19.1 Å². The van der Waals surface area contributed by atoms with Gasteiger partial charge in [0.15, 0.2) is 0 Å². The monoisotopic (exact) mass is 403 g/mol. The molecule has 2 aromatic carbocycles. The summed E-state index contributed by atoms with van der Waals surface area (Å²) in [6.45, 7) is 3.92. The maximum absolute atomic E-state index is 13.3. The van der Waals surface area contributed by atoms with E-state index in [-0.39, 0.29) is 22.0 Å². The predicted octanol–water partition coefficient (Wildman–Crippen LogP) is 3.61. The molecule has 0 unspecified atom stereocenters. The number of aromatic nitrogens is 2. The number of hydrogen-bond acceptors (Lipinski definition) is 4. The SMILES string of the molecule is CCN(c1cccc(C)c1)S(=O)(=O)c1cc(-c2ccc(=O)[nH]n2)ccc1Cl. The molecule has 0 atom stereocenters. The van der Waals surface area contributed by atoms with Gasteiger partial charge in [-0.05, 0) is 49.7 Å². The largest absolute Gasteiger partial charge is 0.268 e. The molecule has 3 rings (SSSR count). The summed E-state index contributed by atoms with van der Waals surface area (Å²) in [5.74, 6) is 0. The molecule has 8 heteroatoms. The van der Waals surface area contributed by atoms with E-state index in [0.29, 0.717) is 16.9 Å². The molecule has 140 valence electrons. The van der Waals surface area contributed by atoms with Crippen LogP contribution in [0.1, 0.15) is 12.5 Å². The maximum atomic E-state index is 13.3. The van der Waals surface area contributed by atoms with Crippen LogP contribution in [0.4, 0.5) is 5.69 Å². The van der Waals surface area contributed by atoms with Gasteiger partial charge in [0.1, 0.15) is 4.90 Å². The molecular formula is C19H18ClN3O3S. The maximum Gasteiger partial charge on any atom is 0.265 e. The second-order valence-electron chi connectivity index (χ2n) is 5.96. The van der Waals surface area contributed by atoms with E-state index in [1.807, 2.05) is 25.1 Å². The Morgan fingerprint density at radius 1 is 1.11 bits per heavy atom. The lowest BCUT2D eigenvalue weighted by Crippen LogP contribution is -2.31. The van der Waals surface area contributed by atoms with Crippen LogP contribution in [0.15, 0.2) is 64.3 Å². The van der Waals surface area contributed by atoms with E-state index in [2.05, 4.69) is 10.2 Å². The lowest BCUT2D eigenvalue weighted by atomic mass is 10.1. The minimum absolute atomic E-state index is 0.0157. The average Bonchev–Trinajstić information content (AvgIpc) is 2.63. The number of hydrogen-bond donors (Lipinski definition) is 1. The summed E-state index contributed by atoms with van der Waals surface area (Å²) >= 11 is 6.23. The lowest BCUT2D eigenvalue weighted by molar-refractivity contribution is 0.592. The van der Waals surface area contributed by atoms with E-state index in [4.69, 9.17) is 11.6 Å². The van der Waals surface area contributed by atoms with Crippen molar-refractivity contribution in [1.82, 2.24) is 10.2 Å². The zero-order chi connectivity index (χ0) is 19.6. The van der Waals surface area contributed by atoms with Crippen molar-refractivity contribution < 1.29 is 8.42 Å². The van der Waals surface area contributed by atoms with Gasteiger partial charge in [0.2, 0.25) is 0 Å². The molecule has 0 radical (unpaired) electrons. The summed E-state index contributed by atoms with van der Waals surface area (Å²) in [6, 6.07) is 14.8. The van der Waals surface area contributed by atoms with Gasteiger partial charge in [0.05, 0.1) is 16.4 Å². The topological polar surface area (TPSA) is 83.1 Å². The van der Waals surface area contributed by atoms with Gasteiger partial charge < -0.3 is 0 Å². The molecule has 0 bridgehead atoms. The fourth-order valence-corrected chi connectivity index (χ4v) is 4.73. The smallest absolute Gasteiger partial charge is 0.265 e. The number of aromatic amines is 1. The Morgan fingerprint density at radius 2 is 1.89 bits per heavy atom. The number of nitrogens with zero attached hydrogens (tertiary/aromatic N) is 2. The molecule has 6 nitrogen and oxygen atoms in total. The van der Waals surface area contributed by atoms with Crippen LogP contribution in [0, 0.1) is 6.92 Å². The predicted molar refractivity (Wildman–Crippen MR) is 107 cm³/mol. The first-order valence-corrected chi connectivity index (χ1v) is 10.1. The van der Waals surface area contributed by atoms with E-state index in [9.17, 15) is 13.2 Å². The van der Waals surface area contributed by atoms with Gasteiger partial charge in [0, 0.05) is 18.2 Å². The van der Waals surface area contributed by atoms with E-state index >= 15 is 0 Å². The van der Waals surface area contributed by atoms with Crippen molar-refractivity contribution >= 4 is 27.3 Å². The molecule has 0 amide bonds. The highest BCUT2D eigenvalue weighted by molar-refractivity contribution is 7.93. The first-order chi connectivity index (χ1) is 12.8. The number of rotatable bonds is 5. The Balaban J connectivity index is 2.11. The molecule has 0 fully saturated rings. The van der Waals surface area contributed by atoms with Gasteiger partial charge in [-0.15, -0.1) is 0 Å². The zero-order valence-electron chi connectivity index (χ0n) is 14.8. The lowest BCUT2D eigenvalue weighted by Gasteiger charge is -2.24. The Kier molecular flexibility index (Phi) is 5.34. The Hall–Kier alpha value is -2.64. The molecule has 0 saturated carbocycles. The number of benzene rings is 2. The van der Waals surface area contributed by atoms with E-state index < -0.39 is 10.0 Å². The van der Waals surface area contributed by atoms with Crippen molar-refractivity contribution in [1.29, 1.82) is 0 Å². The standard InChI is InChI=1S/C19H18ClN3O3S/c1-3-23(15-6-4-5-13(2)11-15)27(25,26)18-12-14(7-8-16(18)20)17-9-10-19(24)22-21-17/h4-12H,3H2,1-2H3,(H,22,24). The Labute approximate surface area is 162 Å². The second kappa shape index (κ2) is 7.54. The summed E-state index contributed by atoms with van der Waals surface area (Å²) in [5.41, 5.74) is 2.17. The summed E-state index contributed by atoms with van der Waals surface area (Å²) in [5, 5.41) is 6.41. The third-order valence-corrected chi connectivity index (χ3v) is 6.44. The normalized spacial score (nSPS) is 11.4. The van der Waals surface area contributed by atoms with Crippen LogP contribution in [0.2, 0.25) is 5.02 Å². The molecular weight excluding hydrogens is 386 g/mol. The van der Waals surface area contributed by atoms with Crippen LogP contribution in [0.3, 0.4) is 0 Å². The fraction of sp³-hybridized carbons (Fsp3) is 0.158. The van der Waals surface area contributed by atoms with Crippen molar-refractivity contribution in [2.75, 3.05) is 10.8 Å². The van der Waals surface area contributed by atoms with Gasteiger partial charge in [-0.2, -0.15) is 5.10 Å². The minimum atomic E-state index is -3.89. The average molecular weight is 404 g/mol. The molecule has 0 aliphatic rings. The van der Waals surface area contributed by atoms with Gasteiger partial charge >= 0.3 is 0 Å². The van der Waals surface area contributed by atoms with Crippen molar-refractivity contribution in [3.63, 3.8) is 0 Å². The first kappa shape index (κ1) is 19.1. The highest BCUT2D eigenvalue weighted by Gasteiger charge is 2.26. The van der Waals surface area contributed by atoms with Crippen LogP contribution in [0.5, 0.6) is 0 Å². The highest BCUT2D eigenvalue weighted by atomic mass is 35.5. The first-order valence-electron chi connectivity index (χ1n) is 8.28. The third kappa shape index (κ3) is 3.89. The molecule has 0 aliphatic carbocycles. The number of nitrogens with one attached hydrogen (secondary N) is 1. The van der Waals surface area contributed by atoms with Crippen LogP contribution >= 0.6 is 11.6 Å². The number of anilines is 1. The van der Waals surface area contributed by atoms with Crippen molar-refractivity contribution in [3.05, 3.63) is 75.5 Å². The van der Waals surface area contributed by atoms with Crippen LogP contribution in [-0.4, -0.2) is 25.2 Å². The van der Waals surface area contributed by atoms with Crippen molar-refractivity contribution in [2.24, 2.45) is 0 Å². The molecule has 1 heterocycles. The highest BCUT2D eigenvalue weighted by Crippen LogP contribution is 2.31. The van der Waals surface area contributed by atoms with Crippen LogP contribution < -0.4 is 9.86 Å². The molecule has 0 aliphatic heterocycles. The van der Waals surface area contributed by atoms with Gasteiger partial charge in [0.25, 0.3) is 15.6 Å². The number of halogens is 1. The fourth-order valence-electron chi connectivity index (χ4n) is 2.76. The van der Waals surface area contributed by atoms with Gasteiger partial charge in [-0.1, -0.05) is 29.8 Å². The zero-order valence-corrected chi connectivity index (χ0v) is 16.4. The quantitative estimate of drug-likeness (QED) is 0.705. The van der Waals surface area contributed by atoms with Gasteiger partial charge in [-0.3, -0.25) is 9.10 Å². The number of sulfonamides is 1. The second-order valence-corrected chi connectivity index (χ2v) is 8.20. The molecule has 0 spiro atoms. The third-order valence-electron chi connectivity index (χ3n) is 4.05. The summed E-state index contributed by atoms with van der Waals surface area (Å²) in [7, 11) is -3.89. The Morgan fingerprint density at radius 3 is 2.52 bits per heavy atom. The van der Waals surface area contributed by atoms with Crippen molar-refractivity contribution in [2.45, 2.75) is 18.7 Å².